The van der Waals surface area contributed by atoms with E-state index in [0.717, 1.165) is 13.0 Å². The number of aryl methyl sites for hydroxylation is 2. The zero-order valence-corrected chi connectivity index (χ0v) is 14.1. The van der Waals surface area contributed by atoms with Gasteiger partial charge in [-0.1, -0.05) is 24.3 Å². The molecule has 0 saturated carbocycles. The predicted octanol–water partition coefficient (Wildman–Crippen LogP) is 3.78. The molecule has 1 amide bonds. The van der Waals surface area contributed by atoms with Crippen LogP contribution in [0.3, 0.4) is 0 Å². The first-order valence-electron chi connectivity index (χ1n) is 8.16. The molecule has 0 atom stereocenters. The van der Waals surface area contributed by atoms with Gasteiger partial charge in [0.25, 0.3) is 5.91 Å². The summed E-state index contributed by atoms with van der Waals surface area (Å²) in [6, 6.07) is 17.8. The lowest BCUT2D eigenvalue weighted by Crippen LogP contribution is -2.25. The molecule has 1 N–H and O–H groups in total. The van der Waals surface area contributed by atoms with Gasteiger partial charge in [-0.2, -0.15) is 0 Å². The van der Waals surface area contributed by atoms with Crippen LogP contribution in [0.25, 0.3) is 10.9 Å². The highest BCUT2D eigenvalue weighted by molar-refractivity contribution is 5.94. The number of ether oxygens (including phenoxy) is 1. The normalized spacial score (nSPS) is 10.8. The molecule has 4 nitrogen and oxygen atoms in total. The van der Waals surface area contributed by atoms with E-state index in [4.69, 9.17) is 4.74 Å². The number of nitrogens with one attached hydrogen (secondary N) is 1. The Kier molecular flexibility index (Phi) is 4.85. The first-order chi connectivity index (χ1) is 11.7. The molecule has 0 unspecified atom stereocenters. The molecule has 0 bridgehead atoms. The highest BCUT2D eigenvalue weighted by atomic mass is 16.5. The summed E-state index contributed by atoms with van der Waals surface area (Å²) in [4.78, 5) is 12.2. The van der Waals surface area contributed by atoms with Gasteiger partial charge < -0.3 is 14.6 Å². The highest BCUT2D eigenvalue weighted by Gasteiger charge is 2.07. The Morgan fingerprint density at radius 3 is 2.79 bits per heavy atom. The number of fused-ring (bicyclic) bond motifs is 1. The Hall–Kier alpha value is -2.75. The summed E-state index contributed by atoms with van der Waals surface area (Å²) in [7, 11) is 1.60. The zero-order valence-electron chi connectivity index (χ0n) is 14.1. The number of hydrogen-bond donors (Lipinski definition) is 1. The Bertz CT molecular complexity index is 852. The van der Waals surface area contributed by atoms with Gasteiger partial charge in [-0.3, -0.25) is 4.79 Å². The quantitative estimate of drug-likeness (QED) is 0.702. The second kappa shape index (κ2) is 7.21. The van der Waals surface area contributed by atoms with E-state index in [1.165, 1.54) is 16.6 Å². The fourth-order valence-corrected chi connectivity index (χ4v) is 2.95. The molecule has 24 heavy (non-hydrogen) atoms. The molecule has 124 valence electrons. The van der Waals surface area contributed by atoms with Gasteiger partial charge in [-0.15, -0.1) is 0 Å². The van der Waals surface area contributed by atoms with E-state index >= 15 is 0 Å². The van der Waals surface area contributed by atoms with Crippen LogP contribution in [0, 0.1) is 6.92 Å². The lowest BCUT2D eigenvalue weighted by molar-refractivity contribution is 0.0952. The Labute approximate surface area is 142 Å². The zero-order chi connectivity index (χ0) is 16.9. The molecule has 2 aromatic carbocycles. The predicted molar refractivity (Wildman–Crippen MR) is 96.6 cm³/mol. The Morgan fingerprint density at radius 2 is 1.96 bits per heavy atom. The summed E-state index contributed by atoms with van der Waals surface area (Å²) >= 11 is 0. The van der Waals surface area contributed by atoms with Crippen molar-refractivity contribution >= 4 is 16.8 Å². The highest BCUT2D eigenvalue weighted by Crippen LogP contribution is 2.19. The first kappa shape index (κ1) is 16.1. The van der Waals surface area contributed by atoms with Crippen molar-refractivity contribution in [3.05, 3.63) is 65.9 Å². The van der Waals surface area contributed by atoms with Crippen molar-refractivity contribution < 1.29 is 9.53 Å². The molecule has 0 aliphatic heterocycles. The summed E-state index contributed by atoms with van der Waals surface area (Å²) in [6.45, 7) is 3.65. The van der Waals surface area contributed by atoms with Gasteiger partial charge in [-0.25, -0.2) is 0 Å². The van der Waals surface area contributed by atoms with E-state index in [1.54, 1.807) is 19.2 Å². The first-order valence-corrected chi connectivity index (χ1v) is 8.16. The van der Waals surface area contributed by atoms with Gasteiger partial charge >= 0.3 is 0 Å². The number of carbonyl (C=O) groups excluding carboxylic acids is 1. The molecule has 0 saturated heterocycles. The summed E-state index contributed by atoms with van der Waals surface area (Å²) < 4.78 is 7.45. The number of carbonyl (C=O) groups is 1. The second-order valence-corrected chi connectivity index (χ2v) is 5.84. The maximum absolute atomic E-state index is 12.2. The molecule has 3 rings (SSSR count). The largest absolute Gasteiger partial charge is 0.497 e. The van der Waals surface area contributed by atoms with E-state index in [1.807, 2.05) is 12.1 Å². The maximum atomic E-state index is 12.2. The number of amides is 1. The smallest absolute Gasteiger partial charge is 0.251 e. The topological polar surface area (TPSA) is 43.3 Å². The SMILES string of the molecule is COc1cccc(C(=O)NCCCn2c(C)cc3ccccc32)c1. The van der Waals surface area contributed by atoms with E-state index < -0.39 is 0 Å². The van der Waals surface area contributed by atoms with Crippen molar-refractivity contribution in [1.29, 1.82) is 0 Å². The Morgan fingerprint density at radius 1 is 1.12 bits per heavy atom. The molecule has 0 radical (unpaired) electrons. The number of hydrogen-bond acceptors (Lipinski definition) is 2. The number of rotatable bonds is 6. The lowest BCUT2D eigenvalue weighted by Gasteiger charge is -2.10. The van der Waals surface area contributed by atoms with Gasteiger partial charge in [-0.05, 0) is 49.1 Å². The fraction of sp³-hybridized carbons (Fsp3) is 0.250. The molecule has 0 spiro atoms. The molecule has 0 aliphatic rings. The van der Waals surface area contributed by atoms with Gasteiger partial charge in [0.2, 0.25) is 0 Å². The van der Waals surface area contributed by atoms with Crippen LogP contribution in [0.4, 0.5) is 0 Å². The van der Waals surface area contributed by atoms with Crippen LogP contribution in [0.5, 0.6) is 5.75 Å². The van der Waals surface area contributed by atoms with E-state index in [9.17, 15) is 4.79 Å². The molecule has 3 aromatic rings. The van der Waals surface area contributed by atoms with E-state index in [-0.39, 0.29) is 5.91 Å². The van der Waals surface area contributed by atoms with Crippen molar-refractivity contribution in [3.8, 4) is 5.75 Å². The van der Waals surface area contributed by atoms with Crippen molar-refractivity contribution in [3.63, 3.8) is 0 Å². The number of para-hydroxylation sites is 1. The van der Waals surface area contributed by atoms with Crippen LogP contribution in [-0.2, 0) is 6.54 Å². The minimum absolute atomic E-state index is 0.0667. The molecule has 0 fully saturated rings. The lowest BCUT2D eigenvalue weighted by atomic mass is 10.2. The summed E-state index contributed by atoms with van der Waals surface area (Å²) in [6.07, 6.45) is 0.884. The van der Waals surface area contributed by atoms with Crippen molar-refractivity contribution in [2.24, 2.45) is 0 Å². The summed E-state index contributed by atoms with van der Waals surface area (Å²) in [5.41, 5.74) is 3.11. The third-order valence-corrected chi connectivity index (χ3v) is 4.19. The molecular formula is C20H22N2O2. The van der Waals surface area contributed by atoms with Crippen LogP contribution in [0.2, 0.25) is 0 Å². The van der Waals surface area contributed by atoms with Crippen molar-refractivity contribution in [2.75, 3.05) is 13.7 Å². The molecule has 1 aromatic heterocycles. The molecular weight excluding hydrogens is 300 g/mol. The van der Waals surface area contributed by atoms with Crippen LogP contribution in [0.15, 0.2) is 54.6 Å². The minimum Gasteiger partial charge on any atom is -0.497 e. The van der Waals surface area contributed by atoms with E-state index in [2.05, 4.69) is 47.1 Å². The monoisotopic (exact) mass is 322 g/mol. The van der Waals surface area contributed by atoms with Crippen molar-refractivity contribution in [2.45, 2.75) is 19.9 Å². The number of methoxy groups -OCH3 is 1. The third kappa shape index (κ3) is 3.43. The fourth-order valence-electron chi connectivity index (χ4n) is 2.95. The summed E-state index contributed by atoms with van der Waals surface area (Å²) in [5.74, 6) is 0.625. The van der Waals surface area contributed by atoms with Crippen LogP contribution < -0.4 is 10.1 Å². The van der Waals surface area contributed by atoms with Crippen LogP contribution in [-0.4, -0.2) is 24.1 Å². The molecule has 4 heteroatoms. The van der Waals surface area contributed by atoms with Gasteiger partial charge in [0.1, 0.15) is 5.75 Å². The van der Waals surface area contributed by atoms with Crippen LogP contribution >= 0.6 is 0 Å². The van der Waals surface area contributed by atoms with Gasteiger partial charge in [0.15, 0.2) is 0 Å². The van der Waals surface area contributed by atoms with Gasteiger partial charge in [0, 0.05) is 29.9 Å². The number of aromatic nitrogens is 1. The Balaban J connectivity index is 1.56. The third-order valence-electron chi connectivity index (χ3n) is 4.19. The summed E-state index contributed by atoms with van der Waals surface area (Å²) in [5, 5.41) is 4.23. The molecule has 0 aliphatic carbocycles. The number of nitrogens with zero attached hydrogens (tertiary/aromatic N) is 1. The van der Waals surface area contributed by atoms with Crippen molar-refractivity contribution in [1.82, 2.24) is 9.88 Å². The average molecular weight is 322 g/mol. The standard InChI is InChI=1S/C20H22N2O2/c1-15-13-16-7-3-4-10-19(16)22(15)12-6-11-21-20(23)17-8-5-9-18(14-17)24-2/h3-5,7-10,13-14H,6,11-12H2,1-2H3,(H,21,23). The van der Waals surface area contributed by atoms with E-state index in [0.29, 0.717) is 17.9 Å². The van der Waals surface area contributed by atoms with Gasteiger partial charge in [0.05, 0.1) is 7.11 Å². The molecule has 1 heterocycles. The number of benzene rings is 2. The van der Waals surface area contributed by atoms with Crippen LogP contribution in [0.1, 0.15) is 22.5 Å². The maximum Gasteiger partial charge on any atom is 0.251 e. The average Bonchev–Trinajstić information content (AvgIpc) is 2.94. The minimum atomic E-state index is -0.0667. The second-order valence-electron chi connectivity index (χ2n) is 5.84.